The highest BCUT2D eigenvalue weighted by atomic mass is 19.1. The molecule has 0 N–H and O–H groups in total. The minimum Gasteiger partial charge on any atom is -0.467 e. The number of carbonyl (C=O) groups excluding carboxylic acids is 1. The van der Waals surface area contributed by atoms with Crippen LogP contribution in [0.2, 0.25) is 0 Å². The van der Waals surface area contributed by atoms with Gasteiger partial charge in [0.15, 0.2) is 0 Å². The molecule has 234 valence electrons. The molecule has 0 bridgehead atoms. The smallest absolute Gasteiger partial charge is 0.331 e. The van der Waals surface area contributed by atoms with Gasteiger partial charge in [-0.25, -0.2) is 9.18 Å². The van der Waals surface area contributed by atoms with Crippen LogP contribution in [0.1, 0.15) is 0 Å². The number of halogens is 1. The van der Waals surface area contributed by atoms with E-state index in [0.29, 0.717) is 132 Å². The van der Waals surface area contributed by atoms with Crippen molar-refractivity contribution in [1.82, 2.24) is 0 Å². The van der Waals surface area contributed by atoms with Gasteiger partial charge in [-0.3, -0.25) is 0 Å². The van der Waals surface area contributed by atoms with Gasteiger partial charge in [0.25, 0.3) is 0 Å². The first kappa shape index (κ1) is 38.0. The Kier molecular flexibility index (Phi) is 34.1. The lowest BCUT2D eigenvalue weighted by atomic mass is 10.6. The maximum atomic E-state index is 11.8. The number of hydrogen-bond acceptors (Lipinski definition) is 13. The van der Waals surface area contributed by atoms with Crippen molar-refractivity contribution in [2.75, 3.05) is 159 Å². The van der Waals surface area contributed by atoms with Crippen LogP contribution in [0.5, 0.6) is 0 Å². The molecule has 0 amide bonds. The van der Waals surface area contributed by atoms with E-state index < -0.39 is 12.6 Å². The molecule has 0 aliphatic rings. The molecule has 14 heteroatoms. The van der Waals surface area contributed by atoms with Gasteiger partial charge in [-0.15, -0.1) is 0 Å². The largest absolute Gasteiger partial charge is 0.467 e. The molecule has 0 aromatic rings. The molecule has 0 aliphatic heterocycles. The number of ether oxygens (including phenoxy) is 12. The molecule has 0 unspecified atom stereocenters. The lowest BCUT2D eigenvalue weighted by Crippen LogP contribution is -2.16. The van der Waals surface area contributed by atoms with E-state index in [4.69, 9.17) is 52.1 Å². The van der Waals surface area contributed by atoms with Crippen molar-refractivity contribution in [3.05, 3.63) is 0 Å². The molecule has 0 fully saturated rings. The molecule has 0 aliphatic carbocycles. The van der Waals surface area contributed by atoms with E-state index in [0.717, 1.165) is 0 Å². The first-order valence-electron chi connectivity index (χ1n) is 13.3. The van der Waals surface area contributed by atoms with Crippen LogP contribution >= 0.6 is 0 Å². The summed E-state index contributed by atoms with van der Waals surface area (Å²) in [5.41, 5.74) is 0. The number of methoxy groups -OCH3 is 1. The average Bonchev–Trinajstić information content (AvgIpc) is 2.95. The highest BCUT2D eigenvalue weighted by Gasteiger charge is 1.99. The minimum absolute atomic E-state index is 0.0725. The SMILES string of the molecule is COC(=O)COCCOCCOCCOCCOCCOCCOCCOCCOCCOCCOCCF. The van der Waals surface area contributed by atoms with E-state index in [2.05, 4.69) is 4.74 Å². The summed E-state index contributed by atoms with van der Waals surface area (Å²) >= 11 is 0. The predicted octanol–water partition coefficient (Wildman–Crippen LogP) is 0.312. The molecule has 13 nitrogen and oxygen atoms in total. The van der Waals surface area contributed by atoms with Crippen LogP contribution in [0.3, 0.4) is 0 Å². The first-order valence-corrected chi connectivity index (χ1v) is 13.3. The molecule has 0 aromatic carbocycles. The van der Waals surface area contributed by atoms with E-state index in [9.17, 15) is 9.18 Å². The van der Waals surface area contributed by atoms with Crippen LogP contribution in [0.25, 0.3) is 0 Å². The summed E-state index contributed by atoms with van der Waals surface area (Å²) in [6.07, 6.45) is 0. The molecule has 0 heterocycles. The summed E-state index contributed by atoms with van der Waals surface area (Å²) in [7, 11) is 1.31. The van der Waals surface area contributed by atoms with Gasteiger partial charge in [-0.2, -0.15) is 0 Å². The topological polar surface area (TPSA) is 128 Å². The van der Waals surface area contributed by atoms with Crippen molar-refractivity contribution in [3.8, 4) is 0 Å². The van der Waals surface area contributed by atoms with Crippen LogP contribution < -0.4 is 0 Å². The van der Waals surface area contributed by atoms with Crippen molar-refractivity contribution >= 4 is 5.97 Å². The molecule has 0 aromatic heterocycles. The predicted molar refractivity (Wildman–Crippen MR) is 137 cm³/mol. The molecule has 0 saturated carbocycles. The van der Waals surface area contributed by atoms with Gasteiger partial charge < -0.3 is 56.8 Å². The van der Waals surface area contributed by atoms with E-state index in [-0.39, 0.29) is 13.2 Å². The van der Waals surface area contributed by atoms with Gasteiger partial charge in [0.05, 0.1) is 146 Å². The maximum Gasteiger partial charge on any atom is 0.331 e. The molecule has 0 atom stereocenters. The number of alkyl halides is 1. The van der Waals surface area contributed by atoms with E-state index >= 15 is 0 Å². The van der Waals surface area contributed by atoms with Crippen LogP contribution in [-0.4, -0.2) is 165 Å². The van der Waals surface area contributed by atoms with Crippen molar-refractivity contribution in [2.45, 2.75) is 0 Å². The highest BCUT2D eigenvalue weighted by Crippen LogP contribution is 1.87. The van der Waals surface area contributed by atoms with Gasteiger partial charge in [0.2, 0.25) is 0 Å². The lowest BCUT2D eigenvalue weighted by molar-refractivity contribution is -0.146. The third kappa shape index (κ3) is 34.9. The Morgan fingerprint density at radius 1 is 0.385 bits per heavy atom. The third-order valence-electron chi connectivity index (χ3n) is 4.39. The summed E-state index contributed by atoms with van der Waals surface area (Å²) in [5, 5.41) is 0. The maximum absolute atomic E-state index is 11.8. The van der Waals surface area contributed by atoms with Crippen molar-refractivity contribution in [3.63, 3.8) is 0 Å². The Morgan fingerprint density at radius 2 is 0.590 bits per heavy atom. The number of esters is 1. The van der Waals surface area contributed by atoms with Gasteiger partial charge in [-0.05, 0) is 0 Å². The van der Waals surface area contributed by atoms with Crippen molar-refractivity contribution in [1.29, 1.82) is 0 Å². The molecular formula is C25H49FO13. The first-order chi connectivity index (χ1) is 19.3. The number of rotatable bonds is 34. The van der Waals surface area contributed by atoms with Crippen LogP contribution in [0, 0.1) is 0 Å². The second-order valence-electron chi connectivity index (χ2n) is 7.44. The van der Waals surface area contributed by atoms with Gasteiger partial charge in [-0.1, -0.05) is 0 Å². The standard InChI is InChI=1S/C25H49FO13/c1-28-25(27)24-39-23-22-38-21-20-37-19-18-36-17-16-35-15-14-34-13-12-33-11-10-32-9-8-31-7-6-30-5-4-29-3-2-26/h2-24H2,1H3. The van der Waals surface area contributed by atoms with Crippen molar-refractivity contribution < 1.29 is 66.0 Å². The zero-order chi connectivity index (χ0) is 28.3. The average molecular weight is 577 g/mol. The zero-order valence-electron chi connectivity index (χ0n) is 23.4. The van der Waals surface area contributed by atoms with Crippen LogP contribution in [0.15, 0.2) is 0 Å². The summed E-state index contributed by atoms with van der Waals surface area (Å²) in [6.45, 7) is 8.76. The van der Waals surface area contributed by atoms with E-state index in [1.165, 1.54) is 7.11 Å². The molecule has 0 spiro atoms. The highest BCUT2D eigenvalue weighted by molar-refractivity contribution is 5.70. The fraction of sp³-hybridized carbons (Fsp3) is 0.960. The second-order valence-corrected chi connectivity index (χ2v) is 7.44. The normalized spacial score (nSPS) is 11.3. The van der Waals surface area contributed by atoms with Crippen LogP contribution in [-0.2, 0) is 61.6 Å². The van der Waals surface area contributed by atoms with Gasteiger partial charge in [0.1, 0.15) is 13.3 Å². The van der Waals surface area contributed by atoms with Crippen LogP contribution in [0.4, 0.5) is 4.39 Å². The fourth-order valence-corrected chi connectivity index (χ4v) is 2.47. The van der Waals surface area contributed by atoms with Crippen molar-refractivity contribution in [2.24, 2.45) is 0 Å². The summed E-state index contributed by atoms with van der Waals surface area (Å²) in [6, 6.07) is 0. The van der Waals surface area contributed by atoms with E-state index in [1.54, 1.807) is 0 Å². The lowest BCUT2D eigenvalue weighted by Gasteiger charge is -2.09. The Bertz CT molecular complexity index is 477. The fourth-order valence-electron chi connectivity index (χ4n) is 2.47. The zero-order valence-corrected chi connectivity index (χ0v) is 23.4. The monoisotopic (exact) mass is 576 g/mol. The van der Waals surface area contributed by atoms with Gasteiger partial charge >= 0.3 is 5.97 Å². The number of carbonyl (C=O) groups is 1. The Morgan fingerprint density at radius 3 is 0.795 bits per heavy atom. The Labute approximate surface area is 231 Å². The molecule has 0 radical (unpaired) electrons. The molecule has 0 saturated heterocycles. The Hall–Kier alpha value is -1.04. The quantitative estimate of drug-likeness (QED) is 0.0771. The molecule has 39 heavy (non-hydrogen) atoms. The number of hydrogen-bond donors (Lipinski definition) is 0. The van der Waals surface area contributed by atoms with Gasteiger partial charge in [0, 0.05) is 0 Å². The molecular weight excluding hydrogens is 527 g/mol. The minimum atomic E-state index is -0.478. The summed E-state index contributed by atoms with van der Waals surface area (Å²) in [4.78, 5) is 10.8. The summed E-state index contributed by atoms with van der Waals surface area (Å²) < 4.78 is 74.7. The molecule has 0 rings (SSSR count). The third-order valence-corrected chi connectivity index (χ3v) is 4.39. The Balaban J connectivity index is 3.03. The second kappa shape index (κ2) is 35.0. The summed E-state index contributed by atoms with van der Waals surface area (Å²) in [5.74, 6) is -0.410. The van der Waals surface area contributed by atoms with E-state index in [1.807, 2.05) is 0 Å².